The van der Waals surface area contributed by atoms with Gasteiger partial charge in [0.1, 0.15) is 6.04 Å². The van der Waals surface area contributed by atoms with E-state index in [4.69, 9.17) is 10.2 Å². The minimum absolute atomic E-state index is 0.0731. The topological polar surface area (TPSA) is 86.6 Å². The van der Waals surface area contributed by atoms with Gasteiger partial charge < -0.3 is 15.5 Å². The molecule has 13 heavy (non-hydrogen) atoms. The van der Waals surface area contributed by atoms with Crippen LogP contribution < -0.4 is 5.32 Å². The van der Waals surface area contributed by atoms with Gasteiger partial charge in [0.25, 0.3) is 0 Å². The van der Waals surface area contributed by atoms with Crippen molar-refractivity contribution >= 4 is 24.6 Å². The van der Waals surface area contributed by atoms with Crippen LogP contribution >= 0.6 is 12.6 Å². The van der Waals surface area contributed by atoms with Gasteiger partial charge in [0.05, 0.1) is 6.42 Å². The van der Waals surface area contributed by atoms with E-state index in [1.807, 2.05) is 0 Å². The molecule has 5 nitrogen and oxygen atoms in total. The number of hydrogen-bond acceptors (Lipinski definition) is 4. The fourth-order valence-electron chi connectivity index (χ4n) is 0.795. The van der Waals surface area contributed by atoms with E-state index in [2.05, 4.69) is 17.9 Å². The van der Waals surface area contributed by atoms with Crippen molar-refractivity contribution in [3.05, 3.63) is 0 Å². The maximum Gasteiger partial charge on any atom is 0.320 e. The van der Waals surface area contributed by atoms with Crippen LogP contribution in [0.4, 0.5) is 0 Å². The number of carboxylic acids is 2. The molecule has 0 saturated heterocycles. The Morgan fingerprint density at radius 2 is 2.00 bits per heavy atom. The fraction of sp³-hybridized carbons (Fsp3) is 0.714. The highest BCUT2D eigenvalue weighted by atomic mass is 32.1. The molecule has 6 heteroatoms. The van der Waals surface area contributed by atoms with E-state index in [1.54, 1.807) is 0 Å². The second-order valence-electron chi connectivity index (χ2n) is 2.50. The molecule has 76 valence electrons. The van der Waals surface area contributed by atoms with Crippen LogP contribution in [0.3, 0.4) is 0 Å². The Hall–Kier alpha value is -0.750. The van der Waals surface area contributed by atoms with Gasteiger partial charge in [-0.1, -0.05) is 0 Å². The Bertz CT molecular complexity index is 185. The zero-order chi connectivity index (χ0) is 10.3. The Kier molecular flexibility index (Phi) is 6.34. The molecular formula is C7H13NO4S. The first-order valence-electron chi connectivity index (χ1n) is 3.86. The molecule has 0 aromatic rings. The summed E-state index contributed by atoms with van der Waals surface area (Å²) in [6.07, 6.45) is 0.314. The van der Waals surface area contributed by atoms with E-state index >= 15 is 0 Å². The molecule has 0 radical (unpaired) electrons. The number of carbonyl (C=O) groups is 2. The standard InChI is InChI=1S/C7H13NO4S/c9-6(10)1-3-8-5(2-4-13)7(11)12/h5,8,13H,1-4H2,(H,9,10)(H,11,12). The lowest BCUT2D eigenvalue weighted by Gasteiger charge is -2.11. The fourth-order valence-corrected chi connectivity index (χ4v) is 1.05. The molecule has 0 amide bonds. The first-order chi connectivity index (χ1) is 6.07. The van der Waals surface area contributed by atoms with Gasteiger partial charge in [-0.3, -0.25) is 9.59 Å². The van der Waals surface area contributed by atoms with Crippen LogP contribution in [0.2, 0.25) is 0 Å². The van der Waals surface area contributed by atoms with Crippen LogP contribution in [-0.4, -0.2) is 40.5 Å². The molecule has 3 N–H and O–H groups in total. The molecule has 0 aliphatic carbocycles. The van der Waals surface area contributed by atoms with Gasteiger partial charge >= 0.3 is 11.9 Å². The van der Waals surface area contributed by atoms with Crippen LogP contribution in [0.1, 0.15) is 12.8 Å². The smallest absolute Gasteiger partial charge is 0.320 e. The van der Waals surface area contributed by atoms with Gasteiger partial charge in [-0.05, 0) is 12.2 Å². The van der Waals surface area contributed by atoms with Crippen LogP contribution in [0.25, 0.3) is 0 Å². The Morgan fingerprint density at radius 3 is 2.38 bits per heavy atom. The first kappa shape index (κ1) is 12.2. The number of thiol groups is 1. The molecule has 0 heterocycles. The summed E-state index contributed by atoms with van der Waals surface area (Å²) < 4.78 is 0. The summed E-state index contributed by atoms with van der Waals surface area (Å²) >= 11 is 3.90. The average Bonchev–Trinajstić information content (AvgIpc) is 2.02. The van der Waals surface area contributed by atoms with Crippen LogP contribution in [0, 0.1) is 0 Å². The predicted molar refractivity (Wildman–Crippen MR) is 50.1 cm³/mol. The van der Waals surface area contributed by atoms with Crippen molar-refractivity contribution in [3.8, 4) is 0 Å². The number of nitrogens with one attached hydrogen (secondary N) is 1. The van der Waals surface area contributed by atoms with Crippen molar-refractivity contribution in [1.82, 2.24) is 5.32 Å². The number of carboxylic acid groups (broad SMARTS) is 2. The van der Waals surface area contributed by atoms with Gasteiger partial charge in [0, 0.05) is 6.54 Å². The molecule has 1 unspecified atom stereocenters. The monoisotopic (exact) mass is 207 g/mol. The summed E-state index contributed by atoms with van der Waals surface area (Å²) in [5.74, 6) is -1.46. The molecule has 0 fully saturated rings. The van der Waals surface area contributed by atoms with Crippen LogP contribution in [0.5, 0.6) is 0 Å². The van der Waals surface area contributed by atoms with E-state index in [0.717, 1.165) is 0 Å². The quantitative estimate of drug-likeness (QED) is 0.435. The van der Waals surface area contributed by atoms with E-state index in [0.29, 0.717) is 12.2 Å². The lowest BCUT2D eigenvalue weighted by atomic mass is 10.2. The highest BCUT2D eigenvalue weighted by Gasteiger charge is 2.15. The molecule has 0 rings (SSSR count). The summed E-state index contributed by atoms with van der Waals surface area (Å²) in [6.45, 7) is 0.167. The van der Waals surface area contributed by atoms with E-state index in [1.165, 1.54) is 0 Å². The zero-order valence-electron chi connectivity index (χ0n) is 7.06. The third-order valence-corrected chi connectivity index (χ3v) is 1.70. The summed E-state index contributed by atoms with van der Waals surface area (Å²) in [7, 11) is 0. The van der Waals surface area contributed by atoms with Gasteiger partial charge in [0.2, 0.25) is 0 Å². The SMILES string of the molecule is O=C(O)CCNC(CCS)C(=O)O. The average molecular weight is 207 g/mol. The summed E-state index contributed by atoms with van der Waals surface area (Å²) in [5.41, 5.74) is 0. The molecule has 0 saturated carbocycles. The normalized spacial score (nSPS) is 12.4. The first-order valence-corrected chi connectivity index (χ1v) is 4.50. The van der Waals surface area contributed by atoms with Crippen molar-refractivity contribution < 1.29 is 19.8 Å². The van der Waals surface area contributed by atoms with Gasteiger partial charge in [-0.25, -0.2) is 0 Å². The highest BCUT2D eigenvalue weighted by Crippen LogP contribution is 1.94. The molecule has 1 atom stereocenters. The molecular weight excluding hydrogens is 194 g/mol. The minimum atomic E-state index is -0.973. The Morgan fingerprint density at radius 1 is 1.38 bits per heavy atom. The third-order valence-electron chi connectivity index (χ3n) is 1.45. The Balaban J connectivity index is 3.69. The van der Waals surface area contributed by atoms with E-state index < -0.39 is 18.0 Å². The van der Waals surface area contributed by atoms with Crippen LogP contribution in [0.15, 0.2) is 0 Å². The third kappa shape index (κ3) is 6.41. The van der Waals surface area contributed by atoms with Crippen molar-refractivity contribution in [1.29, 1.82) is 0 Å². The van der Waals surface area contributed by atoms with Crippen molar-refractivity contribution in [2.45, 2.75) is 18.9 Å². The second kappa shape index (κ2) is 6.73. The largest absolute Gasteiger partial charge is 0.481 e. The van der Waals surface area contributed by atoms with Gasteiger partial charge in [-0.2, -0.15) is 12.6 Å². The number of rotatable bonds is 7. The molecule has 0 aliphatic heterocycles. The summed E-state index contributed by atoms with van der Waals surface area (Å²) in [6, 6.07) is -0.697. The molecule has 0 aromatic carbocycles. The van der Waals surface area contributed by atoms with Gasteiger partial charge in [0.15, 0.2) is 0 Å². The van der Waals surface area contributed by atoms with E-state index in [9.17, 15) is 9.59 Å². The maximum atomic E-state index is 10.5. The Labute approximate surface area is 81.5 Å². The lowest BCUT2D eigenvalue weighted by Crippen LogP contribution is -2.38. The molecule has 0 spiro atoms. The zero-order valence-corrected chi connectivity index (χ0v) is 7.96. The van der Waals surface area contributed by atoms with Gasteiger partial charge in [-0.15, -0.1) is 0 Å². The van der Waals surface area contributed by atoms with Crippen molar-refractivity contribution in [3.63, 3.8) is 0 Å². The van der Waals surface area contributed by atoms with E-state index in [-0.39, 0.29) is 13.0 Å². The van der Waals surface area contributed by atoms with Crippen molar-refractivity contribution in [2.75, 3.05) is 12.3 Å². The minimum Gasteiger partial charge on any atom is -0.481 e. The molecule has 0 aliphatic rings. The molecule has 0 bridgehead atoms. The summed E-state index contributed by atoms with van der Waals surface area (Å²) in [5, 5.41) is 19.5. The molecule has 0 aromatic heterocycles. The summed E-state index contributed by atoms with van der Waals surface area (Å²) in [4.78, 5) is 20.6. The van der Waals surface area contributed by atoms with Crippen LogP contribution in [-0.2, 0) is 9.59 Å². The number of aliphatic carboxylic acids is 2. The highest BCUT2D eigenvalue weighted by molar-refractivity contribution is 7.80. The lowest BCUT2D eigenvalue weighted by molar-refractivity contribution is -0.140. The predicted octanol–water partition coefficient (Wildman–Crippen LogP) is -0.176. The second-order valence-corrected chi connectivity index (χ2v) is 2.95. The number of hydrogen-bond donors (Lipinski definition) is 4. The maximum absolute atomic E-state index is 10.5. The van der Waals surface area contributed by atoms with Crippen molar-refractivity contribution in [2.24, 2.45) is 0 Å².